The van der Waals surface area contributed by atoms with Crippen LogP contribution in [0.25, 0.3) is 0 Å². The van der Waals surface area contributed by atoms with Crippen molar-refractivity contribution in [2.24, 2.45) is 0 Å². The van der Waals surface area contributed by atoms with Crippen LogP contribution in [0.2, 0.25) is 0 Å². The Hall–Kier alpha value is -2.46. The van der Waals surface area contributed by atoms with Crippen LogP contribution in [-0.2, 0) is 14.8 Å². The van der Waals surface area contributed by atoms with Gasteiger partial charge in [-0.1, -0.05) is 48.3 Å². The van der Waals surface area contributed by atoms with Crippen LogP contribution in [0, 0.1) is 6.92 Å². The standard InChI is InChI=1S/C18H21N7O4S4/c1-4-25(5-2)33(28,29)13-8-6-12(7-9-13)15(27)20-17-23-24-18(32-17)30-10-14(26)19-16-22-21-11(3)31-16/h6-9H,4-5,10H2,1-3H3,(H,19,22,26)(H,20,23,27). The maximum Gasteiger partial charge on any atom is 0.257 e. The number of hydrogen-bond acceptors (Lipinski definition) is 11. The summed E-state index contributed by atoms with van der Waals surface area (Å²) in [6, 6.07) is 5.70. The molecule has 2 aromatic heterocycles. The Morgan fingerprint density at radius 2 is 1.61 bits per heavy atom. The number of carbonyl (C=O) groups is 2. The van der Waals surface area contributed by atoms with E-state index in [4.69, 9.17) is 0 Å². The van der Waals surface area contributed by atoms with Gasteiger partial charge in [-0.15, -0.1) is 20.4 Å². The third-order valence-electron chi connectivity index (χ3n) is 4.19. The first-order valence-corrected chi connectivity index (χ1v) is 13.8. The second-order valence-electron chi connectivity index (χ2n) is 6.40. The zero-order valence-electron chi connectivity index (χ0n) is 17.9. The molecule has 0 unspecified atom stereocenters. The topological polar surface area (TPSA) is 147 Å². The second kappa shape index (κ2) is 11.1. The summed E-state index contributed by atoms with van der Waals surface area (Å²) in [5.41, 5.74) is 0.282. The number of hydrogen-bond donors (Lipinski definition) is 2. The lowest BCUT2D eigenvalue weighted by molar-refractivity contribution is -0.113. The molecule has 2 N–H and O–H groups in total. The Balaban J connectivity index is 1.55. The zero-order chi connectivity index (χ0) is 24.0. The molecule has 0 aliphatic carbocycles. The van der Waals surface area contributed by atoms with Crippen molar-refractivity contribution in [1.82, 2.24) is 24.7 Å². The molecule has 2 heterocycles. The predicted octanol–water partition coefficient (Wildman–Crippen LogP) is 2.71. The summed E-state index contributed by atoms with van der Waals surface area (Å²) in [5.74, 6) is -0.598. The molecule has 0 saturated heterocycles. The highest BCUT2D eigenvalue weighted by molar-refractivity contribution is 8.01. The van der Waals surface area contributed by atoms with Gasteiger partial charge in [0.1, 0.15) is 5.01 Å². The van der Waals surface area contributed by atoms with E-state index in [9.17, 15) is 18.0 Å². The molecule has 0 radical (unpaired) electrons. The van der Waals surface area contributed by atoms with Crippen LogP contribution in [0.3, 0.4) is 0 Å². The fourth-order valence-electron chi connectivity index (χ4n) is 2.61. The number of carbonyl (C=O) groups excluding carboxylic acids is 2. The highest BCUT2D eigenvalue weighted by Crippen LogP contribution is 2.26. The molecule has 0 bridgehead atoms. The lowest BCUT2D eigenvalue weighted by atomic mass is 10.2. The van der Waals surface area contributed by atoms with Crippen molar-refractivity contribution in [1.29, 1.82) is 0 Å². The lowest BCUT2D eigenvalue weighted by Gasteiger charge is -2.18. The summed E-state index contributed by atoms with van der Waals surface area (Å²) < 4.78 is 27.0. The van der Waals surface area contributed by atoms with Crippen molar-refractivity contribution in [3.05, 3.63) is 34.8 Å². The summed E-state index contributed by atoms with van der Waals surface area (Å²) in [7, 11) is -3.59. The first-order valence-electron chi connectivity index (χ1n) is 9.70. The molecule has 33 heavy (non-hydrogen) atoms. The molecule has 3 aromatic rings. The molecule has 11 nitrogen and oxygen atoms in total. The van der Waals surface area contributed by atoms with Crippen molar-refractivity contribution in [2.75, 3.05) is 29.5 Å². The molecule has 2 amide bonds. The number of thioether (sulfide) groups is 1. The van der Waals surface area contributed by atoms with E-state index in [-0.39, 0.29) is 27.3 Å². The molecule has 176 valence electrons. The number of benzene rings is 1. The maximum absolute atomic E-state index is 12.6. The highest BCUT2D eigenvalue weighted by Gasteiger charge is 2.22. The van der Waals surface area contributed by atoms with Crippen molar-refractivity contribution in [2.45, 2.75) is 30.0 Å². The van der Waals surface area contributed by atoms with Gasteiger partial charge in [0.25, 0.3) is 5.91 Å². The van der Waals surface area contributed by atoms with E-state index in [0.717, 1.165) is 16.3 Å². The Kier molecular flexibility index (Phi) is 8.47. The molecule has 0 atom stereocenters. The lowest BCUT2D eigenvalue weighted by Crippen LogP contribution is -2.30. The van der Waals surface area contributed by atoms with Crippen LogP contribution >= 0.6 is 34.4 Å². The predicted molar refractivity (Wildman–Crippen MR) is 128 cm³/mol. The number of amides is 2. The van der Waals surface area contributed by atoms with Crippen LogP contribution in [0.5, 0.6) is 0 Å². The second-order valence-corrected chi connectivity index (χ2v) is 11.7. The third kappa shape index (κ3) is 6.54. The van der Waals surface area contributed by atoms with Gasteiger partial charge in [-0.25, -0.2) is 8.42 Å². The minimum absolute atomic E-state index is 0.101. The van der Waals surface area contributed by atoms with E-state index in [0.29, 0.717) is 22.6 Å². The van der Waals surface area contributed by atoms with E-state index in [1.807, 2.05) is 0 Å². The summed E-state index contributed by atoms with van der Waals surface area (Å²) in [4.78, 5) is 24.6. The quantitative estimate of drug-likeness (QED) is 0.300. The molecule has 0 fully saturated rings. The van der Waals surface area contributed by atoms with Crippen molar-refractivity contribution >= 4 is 66.5 Å². The molecular formula is C18H21N7O4S4. The van der Waals surface area contributed by atoms with E-state index in [2.05, 4.69) is 31.0 Å². The van der Waals surface area contributed by atoms with Gasteiger partial charge >= 0.3 is 0 Å². The monoisotopic (exact) mass is 527 g/mol. The molecule has 1 aromatic carbocycles. The molecule has 0 aliphatic rings. The van der Waals surface area contributed by atoms with Gasteiger partial charge in [-0.3, -0.25) is 20.2 Å². The first-order chi connectivity index (χ1) is 15.7. The average molecular weight is 528 g/mol. The molecule has 3 rings (SSSR count). The fourth-order valence-corrected chi connectivity index (χ4v) is 6.22. The number of aryl methyl sites for hydroxylation is 1. The van der Waals surface area contributed by atoms with Gasteiger partial charge in [0.15, 0.2) is 4.34 Å². The van der Waals surface area contributed by atoms with Gasteiger partial charge in [-0.2, -0.15) is 4.31 Å². The minimum atomic E-state index is -3.59. The normalized spacial score (nSPS) is 11.5. The SMILES string of the molecule is CCN(CC)S(=O)(=O)c1ccc(C(=O)Nc2nnc(SCC(=O)Nc3nnc(C)s3)s2)cc1. The number of aromatic nitrogens is 4. The molecule has 0 spiro atoms. The van der Waals surface area contributed by atoms with Gasteiger partial charge in [0.05, 0.1) is 10.6 Å². The molecule has 0 aliphatic heterocycles. The number of nitrogens with one attached hydrogen (secondary N) is 2. The number of sulfonamides is 1. The van der Waals surface area contributed by atoms with Gasteiger partial charge in [0.2, 0.25) is 26.2 Å². The van der Waals surface area contributed by atoms with Crippen molar-refractivity contribution < 1.29 is 18.0 Å². The summed E-state index contributed by atoms with van der Waals surface area (Å²) in [6.45, 7) is 6.05. The number of anilines is 2. The van der Waals surface area contributed by atoms with Crippen molar-refractivity contribution in [3.63, 3.8) is 0 Å². The smallest absolute Gasteiger partial charge is 0.257 e. The third-order valence-corrected chi connectivity index (χ3v) is 8.98. The minimum Gasteiger partial charge on any atom is -0.300 e. The molecule has 15 heteroatoms. The van der Waals surface area contributed by atoms with E-state index >= 15 is 0 Å². The van der Waals surface area contributed by atoms with Crippen LogP contribution in [-0.4, -0.2) is 63.8 Å². The molecule has 0 saturated carbocycles. The highest BCUT2D eigenvalue weighted by atomic mass is 32.2. The van der Waals surface area contributed by atoms with Crippen LogP contribution in [0.1, 0.15) is 29.2 Å². The first kappa shape index (κ1) is 25.2. The van der Waals surface area contributed by atoms with Crippen LogP contribution in [0.15, 0.2) is 33.5 Å². The fraction of sp³-hybridized carbons (Fsp3) is 0.333. The van der Waals surface area contributed by atoms with E-state index in [1.165, 1.54) is 51.7 Å². The average Bonchev–Trinajstić information content (AvgIpc) is 3.41. The van der Waals surface area contributed by atoms with E-state index in [1.54, 1.807) is 20.8 Å². The van der Waals surface area contributed by atoms with Gasteiger partial charge in [-0.05, 0) is 31.2 Å². The van der Waals surface area contributed by atoms with Crippen molar-refractivity contribution in [3.8, 4) is 0 Å². The van der Waals surface area contributed by atoms with E-state index < -0.39 is 15.9 Å². The van der Waals surface area contributed by atoms with Crippen LogP contribution < -0.4 is 10.6 Å². The summed E-state index contributed by atoms with van der Waals surface area (Å²) in [5, 5.41) is 22.3. The van der Waals surface area contributed by atoms with Gasteiger partial charge < -0.3 is 0 Å². The summed E-state index contributed by atoms with van der Waals surface area (Å²) >= 11 is 3.58. The number of rotatable bonds is 10. The maximum atomic E-state index is 12.6. The largest absolute Gasteiger partial charge is 0.300 e. The van der Waals surface area contributed by atoms with Gasteiger partial charge in [0, 0.05) is 18.7 Å². The number of nitrogens with zero attached hydrogens (tertiary/aromatic N) is 5. The Bertz CT molecular complexity index is 1220. The van der Waals surface area contributed by atoms with Crippen LogP contribution in [0.4, 0.5) is 10.3 Å². The summed E-state index contributed by atoms with van der Waals surface area (Å²) in [6.07, 6.45) is 0. The zero-order valence-corrected chi connectivity index (χ0v) is 21.2. The molecular weight excluding hydrogens is 507 g/mol. The Morgan fingerprint density at radius 1 is 0.970 bits per heavy atom. The Labute approximate surface area is 203 Å². The Morgan fingerprint density at radius 3 is 2.21 bits per heavy atom.